The summed E-state index contributed by atoms with van der Waals surface area (Å²) in [5.41, 5.74) is 1.43. The molecule has 49 heavy (non-hydrogen) atoms. The Balaban J connectivity index is 1.36. The first kappa shape index (κ1) is 38.5. The van der Waals surface area contributed by atoms with Crippen molar-refractivity contribution in [2.24, 2.45) is 5.92 Å². The number of nitrogens with zero attached hydrogens (tertiary/aromatic N) is 5. The van der Waals surface area contributed by atoms with Gasteiger partial charge < -0.3 is 20.0 Å². The van der Waals surface area contributed by atoms with Crippen LogP contribution in [0.3, 0.4) is 0 Å². The maximum absolute atomic E-state index is 14.1. The number of likely N-dealkylation sites (tertiary alicyclic amines) is 2. The maximum Gasteiger partial charge on any atom is 0.417 e. The largest absolute Gasteiger partial charge is 0.417 e. The molecular formula is C31H47F3N6O6S3. The molecule has 1 aromatic carbocycles. The number of fused-ring (bicyclic) bond motifs is 1. The van der Waals surface area contributed by atoms with Crippen molar-refractivity contribution in [1.29, 1.82) is 0 Å². The van der Waals surface area contributed by atoms with Gasteiger partial charge >= 0.3 is 6.18 Å². The summed E-state index contributed by atoms with van der Waals surface area (Å²) in [5.74, 6) is 0.600. The van der Waals surface area contributed by atoms with Crippen LogP contribution in [0.2, 0.25) is 0 Å². The van der Waals surface area contributed by atoms with Crippen molar-refractivity contribution in [2.75, 3.05) is 70.7 Å². The number of thioether (sulfide) groups is 1. The predicted molar refractivity (Wildman–Crippen MR) is 182 cm³/mol. The van der Waals surface area contributed by atoms with Crippen LogP contribution < -0.4 is 4.72 Å². The van der Waals surface area contributed by atoms with Gasteiger partial charge in [-0.25, -0.2) is 21.6 Å². The molecule has 5 rings (SSSR count). The SMILES string of the molecule is CS(=O)(=O)NC1CCN(CC(O)Cn2nc(-c3ccc(C(F)(F)F)c(SCCN4CCCC(CO)C4)c3)c3c2CCN(S(C)(=O)=O)C3)CC1. The van der Waals surface area contributed by atoms with Crippen LogP contribution in [0.25, 0.3) is 11.3 Å². The standard InChI is InChI=1S/C31H47F3N6O6S3/c1-48(43,44)36-24-7-11-38(12-8-24)18-25(42)19-40-28-9-13-39(49(2,45)46)20-26(28)30(35-40)23-5-6-27(31(32,33)34)29(16-23)47-15-14-37-10-3-4-22(17-37)21-41/h5-6,16,22,24-25,36,41-42H,3-4,7-15,17-21H2,1-2H3. The molecule has 2 saturated heterocycles. The lowest BCUT2D eigenvalue weighted by Gasteiger charge is -2.33. The van der Waals surface area contributed by atoms with Crippen molar-refractivity contribution in [2.45, 2.75) is 68.4 Å². The zero-order valence-corrected chi connectivity index (χ0v) is 30.3. The molecule has 276 valence electrons. The lowest BCUT2D eigenvalue weighted by Crippen LogP contribution is -2.46. The van der Waals surface area contributed by atoms with Gasteiger partial charge in [0.1, 0.15) is 0 Å². The topological polar surface area (TPSA) is 148 Å². The molecule has 0 radical (unpaired) electrons. The highest BCUT2D eigenvalue weighted by atomic mass is 32.2. The zero-order chi connectivity index (χ0) is 35.6. The van der Waals surface area contributed by atoms with Gasteiger partial charge in [-0.05, 0) is 63.4 Å². The Bertz CT molecular complexity index is 1670. The molecule has 0 bridgehead atoms. The van der Waals surface area contributed by atoms with Crippen LogP contribution in [0.5, 0.6) is 0 Å². The molecule has 12 nitrogen and oxygen atoms in total. The molecule has 3 N–H and O–H groups in total. The normalized spacial score (nSPS) is 21.6. The van der Waals surface area contributed by atoms with E-state index in [1.807, 2.05) is 0 Å². The first-order valence-corrected chi connectivity index (χ1v) is 21.3. The number of alkyl halides is 3. The monoisotopic (exact) mass is 752 g/mol. The molecule has 3 aliphatic heterocycles. The second-order valence-electron chi connectivity index (χ2n) is 13.5. The van der Waals surface area contributed by atoms with Gasteiger partial charge in [0, 0.05) is 79.3 Å². The second kappa shape index (κ2) is 15.9. The van der Waals surface area contributed by atoms with Crippen LogP contribution in [-0.2, 0) is 45.7 Å². The van der Waals surface area contributed by atoms with E-state index in [-0.39, 0.29) is 43.1 Å². The summed E-state index contributed by atoms with van der Waals surface area (Å²) in [6.45, 7) is 4.10. The smallest absolute Gasteiger partial charge is 0.396 e. The number of aromatic nitrogens is 2. The van der Waals surface area contributed by atoms with E-state index in [4.69, 9.17) is 5.10 Å². The molecule has 3 aliphatic rings. The van der Waals surface area contributed by atoms with Gasteiger partial charge in [-0.15, -0.1) is 11.8 Å². The van der Waals surface area contributed by atoms with E-state index in [0.717, 1.165) is 55.4 Å². The molecule has 2 fully saturated rings. The second-order valence-corrected chi connectivity index (χ2v) is 18.4. The van der Waals surface area contributed by atoms with E-state index in [1.54, 1.807) is 4.68 Å². The fourth-order valence-electron chi connectivity index (χ4n) is 7.03. The van der Waals surface area contributed by atoms with Crippen LogP contribution in [0.1, 0.15) is 42.5 Å². The quantitative estimate of drug-likeness (QED) is 0.260. The molecule has 0 saturated carbocycles. The molecule has 18 heteroatoms. The highest BCUT2D eigenvalue weighted by Gasteiger charge is 2.35. The molecule has 0 amide bonds. The number of aliphatic hydroxyl groups excluding tert-OH is 2. The highest BCUT2D eigenvalue weighted by molar-refractivity contribution is 7.99. The van der Waals surface area contributed by atoms with Crippen LogP contribution in [-0.4, -0.2) is 134 Å². The fraction of sp³-hybridized carbons (Fsp3) is 0.710. The molecule has 2 unspecified atom stereocenters. The van der Waals surface area contributed by atoms with Crippen LogP contribution in [0.4, 0.5) is 13.2 Å². The molecule has 2 aromatic rings. The molecule has 2 atom stereocenters. The zero-order valence-electron chi connectivity index (χ0n) is 27.9. The van der Waals surface area contributed by atoms with Gasteiger partial charge in [0.2, 0.25) is 20.0 Å². The molecule has 4 heterocycles. The average molecular weight is 753 g/mol. The first-order chi connectivity index (χ1) is 23.0. The Labute approximate surface area is 291 Å². The van der Waals surface area contributed by atoms with Crippen LogP contribution >= 0.6 is 11.8 Å². The Hall–Kier alpha value is -1.77. The number of β-amino-alcohol motifs (C(OH)–C–C–N with tert-alkyl or cyclic N) is 1. The number of hydrogen-bond donors (Lipinski definition) is 3. The van der Waals surface area contributed by atoms with Gasteiger partial charge in [0.25, 0.3) is 0 Å². The summed E-state index contributed by atoms with van der Waals surface area (Å²) in [6, 6.07) is 3.76. The Morgan fingerprint density at radius 2 is 1.78 bits per heavy atom. The number of halogens is 3. The van der Waals surface area contributed by atoms with E-state index in [0.29, 0.717) is 74.6 Å². The number of nitrogens with one attached hydrogen (secondary N) is 1. The summed E-state index contributed by atoms with van der Waals surface area (Å²) < 4.78 is 96.3. The van der Waals surface area contributed by atoms with E-state index in [2.05, 4.69) is 14.5 Å². The van der Waals surface area contributed by atoms with E-state index >= 15 is 0 Å². The summed E-state index contributed by atoms with van der Waals surface area (Å²) in [4.78, 5) is 4.29. The number of hydrogen-bond acceptors (Lipinski definition) is 10. The van der Waals surface area contributed by atoms with E-state index < -0.39 is 37.9 Å². The summed E-state index contributed by atoms with van der Waals surface area (Å²) in [7, 11) is -6.87. The van der Waals surface area contributed by atoms with Crippen molar-refractivity contribution in [1.82, 2.24) is 28.6 Å². The number of rotatable bonds is 13. The van der Waals surface area contributed by atoms with Crippen molar-refractivity contribution >= 4 is 31.8 Å². The minimum absolute atomic E-state index is 0.0188. The minimum atomic E-state index is -4.57. The van der Waals surface area contributed by atoms with Gasteiger partial charge in [0.15, 0.2) is 0 Å². The van der Waals surface area contributed by atoms with Crippen LogP contribution in [0, 0.1) is 5.92 Å². The molecule has 0 aliphatic carbocycles. The Morgan fingerprint density at radius 1 is 1.04 bits per heavy atom. The van der Waals surface area contributed by atoms with Gasteiger partial charge in [0.05, 0.1) is 36.4 Å². The highest BCUT2D eigenvalue weighted by Crippen LogP contribution is 2.40. The van der Waals surface area contributed by atoms with Gasteiger partial charge in [-0.2, -0.15) is 22.6 Å². The maximum atomic E-state index is 14.1. The molecule has 1 aromatic heterocycles. The molecular weight excluding hydrogens is 706 g/mol. The third-order valence-electron chi connectivity index (χ3n) is 9.48. The Morgan fingerprint density at radius 3 is 2.43 bits per heavy atom. The minimum Gasteiger partial charge on any atom is -0.396 e. The Kier molecular flexibility index (Phi) is 12.4. The summed E-state index contributed by atoms with van der Waals surface area (Å²) in [5, 5.41) is 25.4. The van der Waals surface area contributed by atoms with Crippen molar-refractivity contribution in [3.8, 4) is 11.3 Å². The van der Waals surface area contributed by atoms with Crippen molar-refractivity contribution < 1.29 is 40.2 Å². The number of piperidine rings is 2. The lowest BCUT2D eigenvalue weighted by molar-refractivity contribution is -0.139. The summed E-state index contributed by atoms with van der Waals surface area (Å²) in [6.07, 6.45) is 0.267. The van der Waals surface area contributed by atoms with E-state index in [1.165, 1.54) is 16.4 Å². The predicted octanol–water partition coefficient (Wildman–Crippen LogP) is 2.06. The van der Waals surface area contributed by atoms with Crippen LogP contribution in [0.15, 0.2) is 23.1 Å². The fourth-order valence-corrected chi connectivity index (χ4v) is 9.78. The number of aliphatic hydroxyl groups is 2. The van der Waals surface area contributed by atoms with Crippen molar-refractivity contribution in [3.63, 3.8) is 0 Å². The number of sulfonamides is 2. The first-order valence-electron chi connectivity index (χ1n) is 16.6. The number of benzene rings is 1. The molecule has 0 spiro atoms. The third-order valence-corrected chi connectivity index (χ3v) is 12.5. The van der Waals surface area contributed by atoms with Crippen molar-refractivity contribution in [3.05, 3.63) is 35.0 Å². The lowest BCUT2D eigenvalue weighted by atomic mass is 9.99. The third kappa shape index (κ3) is 10.4. The summed E-state index contributed by atoms with van der Waals surface area (Å²) >= 11 is 1.12. The average Bonchev–Trinajstić information content (AvgIpc) is 3.38. The van der Waals surface area contributed by atoms with Gasteiger partial charge in [-0.3, -0.25) is 4.68 Å². The van der Waals surface area contributed by atoms with Gasteiger partial charge in [-0.1, -0.05) is 6.07 Å². The van der Waals surface area contributed by atoms with E-state index in [9.17, 15) is 40.2 Å².